The topological polar surface area (TPSA) is 29.3 Å². The van der Waals surface area contributed by atoms with Gasteiger partial charge in [0.1, 0.15) is 0 Å². The summed E-state index contributed by atoms with van der Waals surface area (Å²) in [7, 11) is 0. The number of nitrogens with zero attached hydrogens (tertiary/aromatic N) is 1. The Hall–Kier alpha value is -1.80. The fourth-order valence-electron chi connectivity index (χ4n) is 3.12. The SMILES string of the molecule is Cc1ccc(C(N)CCN2CCCc3ccccc32)cc1. The van der Waals surface area contributed by atoms with Gasteiger partial charge in [0.05, 0.1) is 0 Å². The number of hydrogen-bond donors (Lipinski definition) is 1. The van der Waals surface area contributed by atoms with E-state index in [1.54, 1.807) is 0 Å². The van der Waals surface area contributed by atoms with Gasteiger partial charge in [-0.2, -0.15) is 0 Å². The zero-order chi connectivity index (χ0) is 14.7. The molecule has 1 atom stereocenters. The standard InChI is InChI=1S/C19H24N2/c1-15-8-10-16(11-9-15)18(20)12-14-21-13-4-6-17-5-2-3-7-19(17)21/h2-3,5,7-11,18H,4,6,12-14,20H2,1H3. The summed E-state index contributed by atoms with van der Waals surface area (Å²) < 4.78 is 0. The summed E-state index contributed by atoms with van der Waals surface area (Å²) in [6, 6.07) is 17.5. The zero-order valence-corrected chi connectivity index (χ0v) is 12.8. The minimum Gasteiger partial charge on any atom is -0.371 e. The van der Waals surface area contributed by atoms with E-state index in [2.05, 4.69) is 60.4 Å². The van der Waals surface area contributed by atoms with Crippen LogP contribution < -0.4 is 10.6 Å². The summed E-state index contributed by atoms with van der Waals surface area (Å²) >= 11 is 0. The van der Waals surface area contributed by atoms with Gasteiger partial charge in [-0.25, -0.2) is 0 Å². The molecule has 0 fully saturated rings. The Bertz CT molecular complexity index is 589. The van der Waals surface area contributed by atoms with Gasteiger partial charge in [-0.15, -0.1) is 0 Å². The maximum atomic E-state index is 6.36. The van der Waals surface area contributed by atoms with Crippen molar-refractivity contribution in [2.45, 2.75) is 32.2 Å². The summed E-state index contributed by atoms with van der Waals surface area (Å²) in [6.45, 7) is 4.30. The highest BCUT2D eigenvalue weighted by Gasteiger charge is 2.17. The van der Waals surface area contributed by atoms with Crippen LogP contribution in [0, 0.1) is 6.92 Å². The van der Waals surface area contributed by atoms with E-state index in [0.717, 1.165) is 19.5 Å². The van der Waals surface area contributed by atoms with Crippen molar-refractivity contribution in [2.75, 3.05) is 18.0 Å². The Morgan fingerprint density at radius 2 is 1.86 bits per heavy atom. The summed E-state index contributed by atoms with van der Waals surface area (Å²) in [5, 5.41) is 0. The molecule has 2 N–H and O–H groups in total. The molecule has 0 amide bonds. The maximum absolute atomic E-state index is 6.36. The van der Waals surface area contributed by atoms with Gasteiger partial charge < -0.3 is 10.6 Å². The van der Waals surface area contributed by atoms with E-state index in [0.29, 0.717) is 0 Å². The van der Waals surface area contributed by atoms with Crippen LogP contribution in [0.5, 0.6) is 0 Å². The Labute approximate surface area is 127 Å². The van der Waals surface area contributed by atoms with Crippen LogP contribution in [0.15, 0.2) is 48.5 Å². The normalized spacial score (nSPS) is 15.6. The highest BCUT2D eigenvalue weighted by molar-refractivity contribution is 5.55. The van der Waals surface area contributed by atoms with Gasteiger partial charge in [0.25, 0.3) is 0 Å². The quantitative estimate of drug-likeness (QED) is 0.922. The first-order valence-electron chi connectivity index (χ1n) is 7.89. The lowest BCUT2D eigenvalue weighted by Gasteiger charge is -2.32. The van der Waals surface area contributed by atoms with Crippen LogP contribution in [0.3, 0.4) is 0 Å². The lowest BCUT2D eigenvalue weighted by atomic mass is 9.99. The summed E-state index contributed by atoms with van der Waals surface area (Å²) in [6.07, 6.45) is 3.45. The molecule has 0 saturated carbocycles. The van der Waals surface area contributed by atoms with Crippen molar-refractivity contribution >= 4 is 5.69 Å². The number of fused-ring (bicyclic) bond motifs is 1. The van der Waals surface area contributed by atoms with Crippen molar-refractivity contribution in [3.63, 3.8) is 0 Å². The number of para-hydroxylation sites is 1. The molecule has 2 heteroatoms. The molecule has 0 radical (unpaired) electrons. The Morgan fingerprint density at radius 3 is 2.67 bits per heavy atom. The maximum Gasteiger partial charge on any atom is 0.0398 e. The van der Waals surface area contributed by atoms with E-state index in [1.807, 2.05) is 0 Å². The van der Waals surface area contributed by atoms with Crippen molar-refractivity contribution in [3.8, 4) is 0 Å². The minimum atomic E-state index is 0.125. The Kier molecular flexibility index (Phi) is 4.26. The smallest absolute Gasteiger partial charge is 0.0398 e. The van der Waals surface area contributed by atoms with Gasteiger partial charge in [0.2, 0.25) is 0 Å². The number of nitrogens with two attached hydrogens (primary N) is 1. The second kappa shape index (κ2) is 6.31. The van der Waals surface area contributed by atoms with Crippen molar-refractivity contribution in [2.24, 2.45) is 5.73 Å². The highest BCUT2D eigenvalue weighted by atomic mass is 15.1. The van der Waals surface area contributed by atoms with Crippen LogP contribution in [0.2, 0.25) is 0 Å². The first-order valence-corrected chi connectivity index (χ1v) is 7.89. The van der Waals surface area contributed by atoms with Gasteiger partial charge in [-0.1, -0.05) is 48.0 Å². The third-order valence-electron chi connectivity index (χ3n) is 4.42. The fraction of sp³-hybridized carbons (Fsp3) is 0.368. The Morgan fingerprint density at radius 1 is 1.10 bits per heavy atom. The Balaban J connectivity index is 1.64. The van der Waals surface area contributed by atoms with E-state index < -0.39 is 0 Å². The molecule has 1 aliphatic rings. The van der Waals surface area contributed by atoms with Crippen LogP contribution in [0.4, 0.5) is 5.69 Å². The molecule has 110 valence electrons. The minimum absolute atomic E-state index is 0.125. The average molecular weight is 280 g/mol. The monoisotopic (exact) mass is 280 g/mol. The predicted molar refractivity (Wildman–Crippen MR) is 89.7 cm³/mol. The van der Waals surface area contributed by atoms with Gasteiger partial charge in [0.15, 0.2) is 0 Å². The molecule has 1 heterocycles. The third-order valence-corrected chi connectivity index (χ3v) is 4.42. The lowest BCUT2D eigenvalue weighted by Crippen LogP contribution is -2.32. The van der Waals surface area contributed by atoms with Crippen molar-refractivity contribution in [3.05, 3.63) is 65.2 Å². The number of hydrogen-bond acceptors (Lipinski definition) is 2. The van der Waals surface area contributed by atoms with Gasteiger partial charge in [0, 0.05) is 24.8 Å². The van der Waals surface area contributed by atoms with E-state index in [1.165, 1.54) is 35.2 Å². The van der Waals surface area contributed by atoms with E-state index in [9.17, 15) is 0 Å². The molecular formula is C19H24N2. The highest BCUT2D eigenvalue weighted by Crippen LogP contribution is 2.27. The summed E-state index contributed by atoms with van der Waals surface area (Å²) in [5.41, 5.74) is 11.8. The fourth-order valence-corrected chi connectivity index (χ4v) is 3.12. The second-order valence-electron chi connectivity index (χ2n) is 6.03. The first-order chi connectivity index (χ1) is 10.2. The molecule has 0 aliphatic carbocycles. The van der Waals surface area contributed by atoms with Gasteiger partial charge >= 0.3 is 0 Å². The molecule has 0 bridgehead atoms. The molecular weight excluding hydrogens is 256 g/mol. The van der Waals surface area contributed by atoms with Gasteiger partial charge in [-0.3, -0.25) is 0 Å². The molecule has 0 aromatic heterocycles. The largest absolute Gasteiger partial charge is 0.371 e. The van der Waals surface area contributed by atoms with Crippen LogP contribution >= 0.6 is 0 Å². The molecule has 2 aromatic carbocycles. The average Bonchev–Trinajstić information content (AvgIpc) is 2.53. The number of rotatable bonds is 4. The lowest BCUT2D eigenvalue weighted by molar-refractivity contribution is 0.603. The third kappa shape index (κ3) is 3.27. The molecule has 3 rings (SSSR count). The first kappa shape index (κ1) is 14.2. The molecule has 2 nitrogen and oxygen atoms in total. The van der Waals surface area contributed by atoms with E-state index >= 15 is 0 Å². The van der Waals surface area contributed by atoms with Crippen LogP contribution in [-0.4, -0.2) is 13.1 Å². The second-order valence-corrected chi connectivity index (χ2v) is 6.03. The van der Waals surface area contributed by atoms with Crippen LogP contribution in [0.25, 0.3) is 0 Å². The van der Waals surface area contributed by atoms with E-state index in [4.69, 9.17) is 5.73 Å². The van der Waals surface area contributed by atoms with Crippen molar-refractivity contribution < 1.29 is 0 Å². The molecule has 0 saturated heterocycles. The molecule has 1 unspecified atom stereocenters. The number of anilines is 1. The summed E-state index contributed by atoms with van der Waals surface area (Å²) in [5.74, 6) is 0. The number of benzene rings is 2. The van der Waals surface area contributed by atoms with Crippen molar-refractivity contribution in [1.29, 1.82) is 0 Å². The molecule has 1 aliphatic heterocycles. The zero-order valence-electron chi connectivity index (χ0n) is 12.8. The molecule has 0 spiro atoms. The molecule has 21 heavy (non-hydrogen) atoms. The predicted octanol–water partition coefficient (Wildman–Crippen LogP) is 3.84. The summed E-state index contributed by atoms with van der Waals surface area (Å²) in [4.78, 5) is 2.49. The van der Waals surface area contributed by atoms with Crippen molar-refractivity contribution in [1.82, 2.24) is 0 Å². The van der Waals surface area contributed by atoms with Crippen LogP contribution in [-0.2, 0) is 6.42 Å². The van der Waals surface area contributed by atoms with E-state index in [-0.39, 0.29) is 6.04 Å². The molecule has 2 aromatic rings. The van der Waals surface area contributed by atoms with Crippen LogP contribution in [0.1, 0.15) is 35.6 Å². The van der Waals surface area contributed by atoms with Gasteiger partial charge in [-0.05, 0) is 43.4 Å². The number of aryl methyl sites for hydroxylation is 2.